The molecule has 0 atom stereocenters. The van der Waals surface area contributed by atoms with E-state index in [4.69, 9.17) is 9.47 Å². The highest BCUT2D eigenvalue weighted by molar-refractivity contribution is 7.14. The number of aromatic nitrogens is 1. The third kappa shape index (κ3) is 4.04. The van der Waals surface area contributed by atoms with Gasteiger partial charge in [-0.3, -0.25) is 19.8 Å². The number of carbonyl (C=O) groups is 2. The van der Waals surface area contributed by atoms with E-state index in [0.717, 1.165) is 29.3 Å². The van der Waals surface area contributed by atoms with Crippen LogP contribution in [-0.4, -0.2) is 59.6 Å². The number of piperazine rings is 1. The molecule has 2 aromatic rings. The van der Waals surface area contributed by atoms with Crippen LogP contribution in [0.2, 0.25) is 0 Å². The van der Waals surface area contributed by atoms with Gasteiger partial charge >= 0.3 is 11.8 Å². The number of hydrogen-bond donors (Lipinski definition) is 1. The van der Waals surface area contributed by atoms with Crippen molar-refractivity contribution in [2.45, 2.75) is 13.5 Å². The Morgan fingerprint density at radius 1 is 1.19 bits per heavy atom. The average molecular weight is 388 g/mol. The topological polar surface area (TPSA) is 84.0 Å². The van der Waals surface area contributed by atoms with Crippen LogP contribution in [0.4, 0.5) is 5.13 Å². The molecule has 0 bridgehead atoms. The van der Waals surface area contributed by atoms with Gasteiger partial charge in [-0.15, -0.1) is 11.3 Å². The van der Waals surface area contributed by atoms with Crippen molar-refractivity contribution in [2.75, 3.05) is 38.3 Å². The highest BCUT2D eigenvalue weighted by Gasteiger charge is 2.26. The van der Waals surface area contributed by atoms with E-state index >= 15 is 0 Å². The summed E-state index contributed by atoms with van der Waals surface area (Å²) >= 11 is 1.31. The molecule has 9 heteroatoms. The maximum absolute atomic E-state index is 12.3. The zero-order chi connectivity index (χ0) is 18.8. The van der Waals surface area contributed by atoms with E-state index in [0.29, 0.717) is 31.3 Å². The number of thiazole rings is 1. The minimum absolute atomic E-state index is 0.266. The first-order chi connectivity index (χ1) is 13.1. The monoisotopic (exact) mass is 388 g/mol. The molecule has 3 heterocycles. The van der Waals surface area contributed by atoms with Crippen LogP contribution in [0.15, 0.2) is 23.6 Å². The van der Waals surface area contributed by atoms with Crippen molar-refractivity contribution in [3.63, 3.8) is 0 Å². The maximum atomic E-state index is 12.3. The van der Waals surface area contributed by atoms with Gasteiger partial charge in [0.15, 0.2) is 16.6 Å². The van der Waals surface area contributed by atoms with Gasteiger partial charge in [-0.05, 0) is 24.6 Å². The van der Waals surface area contributed by atoms with Gasteiger partial charge in [0.2, 0.25) is 6.79 Å². The summed E-state index contributed by atoms with van der Waals surface area (Å²) in [4.78, 5) is 32.5. The van der Waals surface area contributed by atoms with Crippen LogP contribution in [0.3, 0.4) is 0 Å². The van der Waals surface area contributed by atoms with Crippen LogP contribution < -0.4 is 14.8 Å². The summed E-state index contributed by atoms with van der Waals surface area (Å²) in [5.74, 6) is 0.408. The van der Waals surface area contributed by atoms with Crippen molar-refractivity contribution < 1.29 is 19.1 Å². The molecule has 0 radical (unpaired) electrons. The minimum Gasteiger partial charge on any atom is -0.454 e. The smallest absolute Gasteiger partial charge is 0.315 e. The molecule has 142 valence electrons. The number of carbonyl (C=O) groups excluding carboxylic acids is 2. The number of amides is 2. The summed E-state index contributed by atoms with van der Waals surface area (Å²) in [7, 11) is 0. The minimum atomic E-state index is -0.631. The van der Waals surface area contributed by atoms with E-state index in [2.05, 4.69) is 15.2 Å². The van der Waals surface area contributed by atoms with Gasteiger partial charge in [-0.2, -0.15) is 0 Å². The van der Waals surface area contributed by atoms with Crippen LogP contribution >= 0.6 is 11.3 Å². The van der Waals surface area contributed by atoms with E-state index in [1.54, 1.807) is 4.90 Å². The van der Waals surface area contributed by atoms with Crippen molar-refractivity contribution >= 4 is 28.3 Å². The van der Waals surface area contributed by atoms with Crippen LogP contribution in [0.1, 0.15) is 11.3 Å². The first-order valence-corrected chi connectivity index (χ1v) is 9.60. The average Bonchev–Trinajstić information content (AvgIpc) is 3.30. The Morgan fingerprint density at radius 3 is 2.70 bits per heavy atom. The Labute approximate surface area is 160 Å². The van der Waals surface area contributed by atoms with Gasteiger partial charge in [0.1, 0.15) is 0 Å². The molecule has 2 aliphatic rings. The van der Waals surface area contributed by atoms with Gasteiger partial charge in [0.05, 0.1) is 5.69 Å². The normalized spacial score (nSPS) is 16.4. The molecule has 0 aliphatic carbocycles. The molecule has 1 aromatic heterocycles. The predicted octanol–water partition coefficient (Wildman–Crippen LogP) is 1.46. The van der Waals surface area contributed by atoms with E-state index in [1.807, 2.05) is 30.5 Å². The molecular weight excluding hydrogens is 368 g/mol. The summed E-state index contributed by atoms with van der Waals surface area (Å²) in [6.07, 6.45) is 0. The largest absolute Gasteiger partial charge is 0.454 e. The lowest BCUT2D eigenvalue weighted by Gasteiger charge is -2.34. The van der Waals surface area contributed by atoms with Gasteiger partial charge in [0, 0.05) is 38.1 Å². The summed E-state index contributed by atoms with van der Waals surface area (Å²) in [6, 6.07) is 5.93. The molecule has 1 saturated heterocycles. The predicted molar refractivity (Wildman–Crippen MR) is 99.9 cm³/mol. The van der Waals surface area contributed by atoms with E-state index < -0.39 is 11.8 Å². The Bertz CT molecular complexity index is 861. The number of anilines is 1. The van der Waals surface area contributed by atoms with Gasteiger partial charge in [0.25, 0.3) is 0 Å². The van der Waals surface area contributed by atoms with E-state index in [1.165, 1.54) is 11.3 Å². The second-order valence-electron chi connectivity index (χ2n) is 6.50. The SMILES string of the molecule is Cc1csc(NC(=O)C(=O)N2CCN(Cc3ccc4c(c3)OCO4)CC2)n1. The molecule has 2 aliphatic heterocycles. The molecule has 8 nitrogen and oxygen atoms in total. The van der Waals surface area contributed by atoms with E-state index in [-0.39, 0.29) is 6.79 Å². The molecule has 0 unspecified atom stereocenters. The highest BCUT2D eigenvalue weighted by Crippen LogP contribution is 2.32. The van der Waals surface area contributed by atoms with E-state index in [9.17, 15) is 9.59 Å². The number of nitrogens with one attached hydrogen (secondary N) is 1. The molecular formula is C18H20N4O4S. The number of hydrogen-bond acceptors (Lipinski definition) is 7. The molecule has 4 rings (SSSR count). The summed E-state index contributed by atoms with van der Waals surface area (Å²) in [6.45, 7) is 5.34. The number of aryl methyl sites for hydroxylation is 1. The highest BCUT2D eigenvalue weighted by atomic mass is 32.1. The molecule has 0 saturated carbocycles. The van der Waals surface area contributed by atoms with Gasteiger partial charge < -0.3 is 14.4 Å². The zero-order valence-corrected chi connectivity index (χ0v) is 15.8. The number of fused-ring (bicyclic) bond motifs is 1. The fraction of sp³-hybridized carbons (Fsp3) is 0.389. The first-order valence-electron chi connectivity index (χ1n) is 8.72. The standard InChI is InChI=1S/C18H20N4O4S/c1-12-10-27-18(19-12)20-16(23)17(24)22-6-4-21(5-7-22)9-13-2-3-14-15(8-13)26-11-25-14/h2-3,8,10H,4-7,9,11H2,1H3,(H,19,20,23). The maximum Gasteiger partial charge on any atom is 0.315 e. The van der Waals surface area contributed by atoms with Crippen LogP contribution in [0, 0.1) is 6.92 Å². The number of ether oxygens (including phenoxy) is 2. The molecule has 2 amide bonds. The quantitative estimate of drug-likeness (QED) is 0.802. The lowest BCUT2D eigenvalue weighted by atomic mass is 10.1. The Morgan fingerprint density at radius 2 is 1.96 bits per heavy atom. The summed E-state index contributed by atoms with van der Waals surface area (Å²) < 4.78 is 10.7. The fourth-order valence-electron chi connectivity index (χ4n) is 3.11. The van der Waals surface area contributed by atoms with Crippen molar-refractivity contribution in [1.82, 2.24) is 14.8 Å². The van der Waals surface area contributed by atoms with Gasteiger partial charge in [-0.25, -0.2) is 4.98 Å². The first kappa shape index (κ1) is 17.7. The van der Waals surface area contributed by atoms with Crippen molar-refractivity contribution in [3.8, 4) is 11.5 Å². The number of rotatable bonds is 3. The van der Waals surface area contributed by atoms with Crippen molar-refractivity contribution in [3.05, 3.63) is 34.8 Å². The lowest BCUT2D eigenvalue weighted by molar-refractivity contribution is -0.144. The Kier molecular flexibility index (Phi) is 4.95. The summed E-state index contributed by atoms with van der Waals surface area (Å²) in [5.41, 5.74) is 1.95. The van der Waals surface area contributed by atoms with Crippen LogP contribution in [0.5, 0.6) is 11.5 Å². The third-order valence-corrected chi connectivity index (χ3v) is 5.41. The molecule has 1 fully saturated rings. The van der Waals surface area contributed by atoms with Crippen molar-refractivity contribution in [2.24, 2.45) is 0 Å². The van der Waals surface area contributed by atoms with Gasteiger partial charge in [-0.1, -0.05) is 6.07 Å². The fourth-order valence-corrected chi connectivity index (χ4v) is 3.80. The second kappa shape index (κ2) is 7.53. The molecule has 1 N–H and O–H groups in total. The summed E-state index contributed by atoms with van der Waals surface area (Å²) in [5, 5.41) is 4.85. The second-order valence-corrected chi connectivity index (χ2v) is 7.36. The Hall–Kier alpha value is -2.65. The lowest BCUT2D eigenvalue weighted by Crippen LogP contribution is -2.51. The van der Waals surface area contributed by atoms with Crippen LogP contribution in [-0.2, 0) is 16.1 Å². The zero-order valence-electron chi connectivity index (χ0n) is 14.9. The Balaban J connectivity index is 1.28. The third-order valence-electron chi connectivity index (χ3n) is 4.54. The number of benzene rings is 1. The molecule has 1 aromatic carbocycles. The molecule has 0 spiro atoms. The van der Waals surface area contributed by atoms with Crippen LogP contribution in [0.25, 0.3) is 0 Å². The molecule has 27 heavy (non-hydrogen) atoms. The van der Waals surface area contributed by atoms with Crippen molar-refractivity contribution in [1.29, 1.82) is 0 Å². The number of nitrogens with zero attached hydrogens (tertiary/aromatic N) is 3.